The Morgan fingerprint density at radius 1 is 0.917 bits per heavy atom. The summed E-state index contributed by atoms with van der Waals surface area (Å²) in [4.78, 5) is 27.9. The number of methoxy groups -OCH3 is 1. The summed E-state index contributed by atoms with van der Waals surface area (Å²) >= 11 is 0. The Bertz CT molecular complexity index is 1170. The molecule has 1 fully saturated rings. The van der Waals surface area contributed by atoms with Gasteiger partial charge in [-0.05, 0) is 60.0 Å². The number of urea groups is 1. The van der Waals surface area contributed by atoms with Gasteiger partial charge in [-0.1, -0.05) is 31.2 Å². The molecular formula is C28H32N4O4. The van der Waals surface area contributed by atoms with E-state index in [1.165, 1.54) is 5.56 Å². The van der Waals surface area contributed by atoms with Crippen molar-refractivity contribution in [1.29, 1.82) is 0 Å². The number of carbonyl (C=O) groups is 2. The lowest BCUT2D eigenvalue weighted by Crippen LogP contribution is -2.37. The van der Waals surface area contributed by atoms with E-state index in [1.54, 1.807) is 19.2 Å². The number of hydrogen-bond donors (Lipinski definition) is 3. The van der Waals surface area contributed by atoms with E-state index in [2.05, 4.69) is 27.8 Å². The first-order chi connectivity index (χ1) is 17.6. The highest BCUT2D eigenvalue weighted by Crippen LogP contribution is 2.28. The number of nitrogens with one attached hydrogen (secondary N) is 3. The Morgan fingerprint density at radius 2 is 1.61 bits per heavy atom. The number of anilines is 3. The lowest BCUT2D eigenvalue weighted by atomic mass is 10.1. The van der Waals surface area contributed by atoms with Crippen LogP contribution in [0.4, 0.5) is 21.9 Å². The number of aryl methyl sites for hydroxylation is 1. The van der Waals surface area contributed by atoms with Crippen molar-refractivity contribution >= 4 is 29.0 Å². The standard InChI is InChI=1S/C28H32N4O4/c1-3-20-4-9-23(10-5-20)30-28(34)31-25-18-22(8-13-26(25)32-14-16-36-17-15-32)27(33)29-19-21-6-11-24(35-2)12-7-21/h4-13,18H,3,14-17,19H2,1-2H3,(H,29,33)(H2,30,31,34). The fraction of sp³-hybridized carbons (Fsp3) is 0.286. The van der Waals surface area contributed by atoms with E-state index in [0.29, 0.717) is 49.8 Å². The maximum Gasteiger partial charge on any atom is 0.323 e. The van der Waals surface area contributed by atoms with Crippen molar-refractivity contribution in [1.82, 2.24) is 5.32 Å². The summed E-state index contributed by atoms with van der Waals surface area (Å²) in [6.07, 6.45) is 0.933. The molecule has 8 nitrogen and oxygen atoms in total. The summed E-state index contributed by atoms with van der Waals surface area (Å²) in [7, 11) is 1.62. The average molecular weight is 489 g/mol. The van der Waals surface area contributed by atoms with Crippen molar-refractivity contribution in [3.8, 4) is 5.75 Å². The van der Waals surface area contributed by atoms with Gasteiger partial charge in [0.15, 0.2) is 0 Å². The molecule has 3 N–H and O–H groups in total. The summed E-state index contributed by atoms with van der Waals surface area (Å²) in [5.74, 6) is 0.539. The lowest BCUT2D eigenvalue weighted by Gasteiger charge is -2.30. The smallest absolute Gasteiger partial charge is 0.323 e. The van der Waals surface area contributed by atoms with E-state index >= 15 is 0 Å². The largest absolute Gasteiger partial charge is 0.497 e. The van der Waals surface area contributed by atoms with Crippen molar-refractivity contribution in [2.75, 3.05) is 48.9 Å². The number of nitrogens with zero attached hydrogens (tertiary/aromatic N) is 1. The number of amides is 3. The van der Waals surface area contributed by atoms with E-state index in [0.717, 1.165) is 23.4 Å². The molecule has 0 radical (unpaired) electrons. The van der Waals surface area contributed by atoms with Crippen LogP contribution in [-0.2, 0) is 17.7 Å². The van der Waals surface area contributed by atoms with Crippen molar-refractivity contribution in [3.63, 3.8) is 0 Å². The minimum atomic E-state index is -0.371. The Morgan fingerprint density at radius 3 is 2.28 bits per heavy atom. The maximum atomic E-state index is 12.9. The van der Waals surface area contributed by atoms with Crippen LogP contribution in [0.15, 0.2) is 66.7 Å². The van der Waals surface area contributed by atoms with E-state index in [9.17, 15) is 9.59 Å². The zero-order valence-electron chi connectivity index (χ0n) is 20.7. The molecule has 36 heavy (non-hydrogen) atoms. The molecule has 0 atom stereocenters. The van der Waals surface area contributed by atoms with Gasteiger partial charge in [-0.2, -0.15) is 0 Å². The van der Waals surface area contributed by atoms with Gasteiger partial charge in [0.1, 0.15) is 5.75 Å². The third-order valence-electron chi connectivity index (χ3n) is 6.09. The van der Waals surface area contributed by atoms with E-state index in [1.807, 2.05) is 54.6 Å². The van der Waals surface area contributed by atoms with Crippen molar-refractivity contribution in [3.05, 3.63) is 83.4 Å². The number of benzene rings is 3. The SMILES string of the molecule is CCc1ccc(NC(=O)Nc2cc(C(=O)NCc3ccc(OC)cc3)ccc2N2CCOCC2)cc1. The molecule has 0 aromatic heterocycles. The summed E-state index contributed by atoms with van der Waals surface area (Å²) in [6.45, 7) is 5.10. The molecule has 3 amide bonds. The highest BCUT2D eigenvalue weighted by Gasteiger charge is 2.18. The molecule has 3 aromatic rings. The normalized spacial score (nSPS) is 13.1. The molecule has 1 aliphatic rings. The summed E-state index contributed by atoms with van der Waals surface area (Å²) in [6, 6.07) is 20.3. The summed E-state index contributed by atoms with van der Waals surface area (Å²) < 4.78 is 10.7. The van der Waals surface area contributed by atoms with Gasteiger partial charge in [-0.25, -0.2) is 4.79 Å². The van der Waals surface area contributed by atoms with Gasteiger partial charge in [-0.3, -0.25) is 4.79 Å². The first kappa shape index (κ1) is 25.1. The molecule has 1 aliphatic heterocycles. The molecule has 3 aromatic carbocycles. The zero-order valence-corrected chi connectivity index (χ0v) is 20.7. The Labute approximate surface area is 211 Å². The van der Waals surface area contributed by atoms with Crippen LogP contribution >= 0.6 is 0 Å². The Hall–Kier alpha value is -4.04. The zero-order chi connectivity index (χ0) is 25.3. The van der Waals surface area contributed by atoms with Gasteiger partial charge in [0.05, 0.1) is 31.7 Å². The fourth-order valence-corrected chi connectivity index (χ4v) is 3.99. The van der Waals surface area contributed by atoms with Crippen LogP contribution in [0.1, 0.15) is 28.4 Å². The summed E-state index contributed by atoms with van der Waals surface area (Å²) in [5, 5.41) is 8.75. The Balaban J connectivity index is 1.48. The van der Waals surface area contributed by atoms with Crippen LogP contribution in [0.25, 0.3) is 0 Å². The van der Waals surface area contributed by atoms with Gasteiger partial charge < -0.3 is 30.3 Å². The molecule has 188 valence electrons. The molecule has 0 spiro atoms. The molecule has 8 heteroatoms. The molecule has 0 bridgehead atoms. The van der Waals surface area contributed by atoms with Crippen molar-refractivity contribution in [2.45, 2.75) is 19.9 Å². The predicted molar refractivity (Wildman–Crippen MR) is 142 cm³/mol. The minimum Gasteiger partial charge on any atom is -0.497 e. The molecule has 0 aliphatic carbocycles. The topological polar surface area (TPSA) is 91.9 Å². The number of ether oxygens (including phenoxy) is 2. The molecular weight excluding hydrogens is 456 g/mol. The third-order valence-corrected chi connectivity index (χ3v) is 6.09. The van der Waals surface area contributed by atoms with Gasteiger partial charge in [-0.15, -0.1) is 0 Å². The molecule has 4 rings (SSSR count). The predicted octanol–water partition coefficient (Wildman–Crippen LogP) is 4.67. The third kappa shape index (κ3) is 6.55. The van der Waals surface area contributed by atoms with Gasteiger partial charge >= 0.3 is 6.03 Å². The van der Waals surface area contributed by atoms with Crippen molar-refractivity contribution < 1.29 is 19.1 Å². The number of hydrogen-bond acceptors (Lipinski definition) is 5. The van der Waals surface area contributed by atoms with E-state index in [-0.39, 0.29) is 11.9 Å². The average Bonchev–Trinajstić information content (AvgIpc) is 2.92. The first-order valence-electron chi connectivity index (χ1n) is 12.1. The second-order valence-corrected chi connectivity index (χ2v) is 8.49. The molecule has 0 unspecified atom stereocenters. The van der Waals surface area contributed by atoms with Crippen LogP contribution in [0.2, 0.25) is 0 Å². The van der Waals surface area contributed by atoms with Gasteiger partial charge in [0.2, 0.25) is 0 Å². The highest BCUT2D eigenvalue weighted by atomic mass is 16.5. The lowest BCUT2D eigenvalue weighted by molar-refractivity contribution is 0.0951. The quantitative estimate of drug-likeness (QED) is 0.429. The number of morpholine rings is 1. The molecule has 1 heterocycles. The highest BCUT2D eigenvalue weighted by molar-refractivity contribution is 6.04. The monoisotopic (exact) mass is 488 g/mol. The Kier molecular flexibility index (Phi) is 8.41. The van der Waals surface area contributed by atoms with Crippen molar-refractivity contribution in [2.24, 2.45) is 0 Å². The van der Waals surface area contributed by atoms with Crippen LogP contribution in [-0.4, -0.2) is 45.4 Å². The number of rotatable bonds is 8. The second-order valence-electron chi connectivity index (χ2n) is 8.49. The van der Waals surface area contributed by atoms with Crippen LogP contribution in [0.3, 0.4) is 0 Å². The maximum absolute atomic E-state index is 12.9. The van der Waals surface area contributed by atoms with Crippen LogP contribution in [0.5, 0.6) is 5.75 Å². The van der Waals surface area contributed by atoms with Gasteiger partial charge in [0, 0.05) is 30.9 Å². The number of carbonyl (C=O) groups excluding carboxylic acids is 2. The molecule has 1 saturated heterocycles. The van der Waals surface area contributed by atoms with E-state index in [4.69, 9.17) is 9.47 Å². The first-order valence-corrected chi connectivity index (χ1v) is 12.1. The van der Waals surface area contributed by atoms with Crippen LogP contribution in [0, 0.1) is 0 Å². The van der Waals surface area contributed by atoms with E-state index < -0.39 is 0 Å². The summed E-state index contributed by atoms with van der Waals surface area (Å²) in [5.41, 5.74) is 4.73. The second kappa shape index (κ2) is 12.1. The fourth-order valence-electron chi connectivity index (χ4n) is 3.99. The van der Waals surface area contributed by atoms with Gasteiger partial charge in [0.25, 0.3) is 5.91 Å². The van der Waals surface area contributed by atoms with Crippen LogP contribution < -0.4 is 25.6 Å². The molecule has 0 saturated carbocycles. The minimum absolute atomic E-state index is 0.224.